The Balaban J connectivity index is 1.77. The third-order valence-corrected chi connectivity index (χ3v) is 4.66. The highest BCUT2D eigenvalue weighted by Gasteiger charge is 2.29. The van der Waals surface area contributed by atoms with Gasteiger partial charge in [0, 0.05) is 19.2 Å². The van der Waals surface area contributed by atoms with Crippen molar-refractivity contribution in [3.63, 3.8) is 0 Å². The molecule has 5 nitrogen and oxygen atoms in total. The van der Waals surface area contributed by atoms with Crippen molar-refractivity contribution < 1.29 is 13.6 Å². The topological polar surface area (TPSA) is 54.7 Å². The van der Waals surface area contributed by atoms with Crippen LogP contribution in [0.1, 0.15) is 27.2 Å². The van der Waals surface area contributed by atoms with Crippen LogP contribution in [0.15, 0.2) is 41.3 Å². The van der Waals surface area contributed by atoms with Gasteiger partial charge in [0.2, 0.25) is 0 Å². The van der Waals surface area contributed by atoms with E-state index in [0.29, 0.717) is 23.3 Å². The third-order valence-electron chi connectivity index (χ3n) is 4.66. The lowest BCUT2D eigenvalue weighted by Crippen LogP contribution is -2.40. The molecule has 0 saturated carbocycles. The third kappa shape index (κ3) is 2.47. The Hall–Kier alpha value is -3.09. The molecule has 4 rings (SSSR count). The molecule has 26 heavy (non-hydrogen) atoms. The second-order valence-corrected chi connectivity index (χ2v) is 6.30. The maximum Gasteiger partial charge on any atom is 0.263 e. The van der Waals surface area contributed by atoms with Crippen LogP contribution in [-0.4, -0.2) is 26.7 Å². The van der Waals surface area contributed by atoms with Gasteiger partial charge in [-0.1, -0.05) is 12.1 Å². The van der Waals surface area contributed by atoms with Gasteiger partial charge in [0.15, 0.2) is 0 Å². The van der Waals surface area contributed by atoms with Crippen LogP contribution in [0.4, 0.5) is 8.78 Å². The Kier molecular flexibility index (Phi) is 3.79. The largest absolute Gasteiger partial charge is 0.333 e. The molecule has 2 aromatic heterocycles. The maximum atomic E-state index is 13.9. The maximum absolute atomic E-state index is 13.9. The van der Waals surface area contributed by atoms with Crippen LogP contribution in [0.2, 0.25) is 0 Å². The second kappa shape index (κ2) is 6.01. The number of carbonyl (C=O) groups excluding carboxylic acids is 1. The van der Waals surface area contributed by atoms with Gasteiger partial charge in [0.05, 0.1) is 17.8 Å². The number of carbonyl (C=O) groups is 1. The highest BCUT2D eigenvalue weighted by molar-refractivity contribution is 5.94. The summed E-state index contributed by atoms with van der Waals surface area (Å²) in [5.74, 6) is -2.59. The van der Waals surface area contributed by atoms with Gasteiger partial charge in [-0.25, -0.2) is 13.8 Å². The molecule has 0 saturated heterocycles. The van der Waals surface area contributed by atoms with Gasteiger partial charge < -0.3 is 4.90 Å². The Morgan fingerprint density at radius 1 is 1.15 bits per heavy atom. The lowest BCUT2D eigenvalue weighted by atomic mass is 10.0. The van der Waals surface area contributed by atoms with Crippen molar-refractivity contribution in [2.75, 3.05) is 6.54 Å². The van der Waals surface area contributed by atoms with Crippen LogP contribution >= 0.6 is 0 Å². The van der Waals surface area contributed by atoms with Gasteiger partial charge in [-0.2, -0.15) is 0 Å². The Morgan fingerprint density at radius 2 is 1.88 bits per heavy atom. The van der Waals surface area contributed by atoms with Crippen molar-refractivity contribution in [1.29, 1.82) is 0 Å². The molecule has 7 heteroatoms. The SMILES string of the molecule is Cc1cccn2c(=O)c3c(nc12)CCN(C(=O)c1c(F)cccc1F)C3. The summed E-state index contributed by atoms with van der Waals surface area (Å²) in [4.78, 5) is 31.2. The molecule has 1 aromatic carbocycles. The minimum Gasteiger partial charge on any atom is -0.333 e. The Morgan fingerprint density at radius 3 is 2.62 bits per heavy atom. The van der Waals surface area contributed by atoms with E-state index in [9.17, 15) is 18.4 Å². The van der Waals surface area contributed by atoms with Gasteiger partial charge >= 0.3 is 0 Å². The van der Waals surface area contributed by atoms with Crippen LogP contribution in [0.3, 0.4) is 0 Å². The second-order valence-electron chi connectivity index (χ2n) is 6.30. The van der Waals surface area contributed by atoms with E-state index in [0.717, 1.165) is 17.7 Å². The number of hydrogen-bond donors (Lipinski definition) is 0. The van der Waals surface area contributed by atoms with E-state index in [1.807, 2.05) is 13.0 Å². The molecule has 0 N–H and O–H groups in total. The van der Waals surface area contributed by atoms with E-state index in [4.69, 9.17) is 0 Å². The van der Waals surface area contributed by atoms with Crippen LogP contribution in [0.25, 0.3) is 5.65 Å². The van der Waals surface area contributed by atoms with Crippen molar-refractivity contribution >= 4 is 11.6 Å². The normalized spacial score (nSPS) is 13.7. The first-order valence-corrected chi connectivity index (χ1v) is 8.20. The molecule has 3 aromatic rings. The molecular formula is C19H15F2N3O2. The Bertz CT molecular complexity index is 1090. The van der Waals surface area contributed by atoms with Crippen molar-refractivity contribution in [2.24, 2.45) is 0 Å². The number of nitrogens with zero attached hydrogens (tertiary/aromatic N) is 3. The lowest BCUT2D eigenvalue weighted by molar-refractivity contribution is 0.0722. The van der Waals surface area contributed by atoms with E-state index < -0.39 is 23.1 Å². The van der Waals surface area contributed by atoms with Crippen LogP contribution in [0.5, 0.6) is 0 Å². The standard InChI is InChI=1S/C19H15F2N3O2/c1-11-4-3-8-24-17(11)22-15-7-9-23(10-12(15)18(24)25)19(26)16-13(20)5-2-6-14(16)21/h2-6,8H,7,9-10H2,1H3. The summed E-state index contributed by atoms with van der Waals surface area (Å²) in [6, 6.07) is 6.91. The molecule has 0 bridgehead atoms. The first-order valence-electron chi connectivity index (χ1n) is 8.20. The van der Waals surface area contributed by atoms with Crippen LogP contribution in [-0.2, 0) is 13.0 Å². The van der Waals surface area contributed by atoms with Gasteiger partial charge in [0.25, 0.3) is 11.5 Å². The van der Waals surface area contributed by atoms with Crippen molar-refractivity contribution in [3.05, 3.63) is 80.9 Å². The zero-order valence-corrected chi connectivity index (χ0v) is 14.0. The number of rotatable bonds is 1. The van der Waals surface area contributed by atoms with E-state index in [2.05, 4.69) is 4.98 Å². The molecule has 0 atom stereocenters. The van der Waals surface area contributed by atoms with Gasteiger partial charge in [0.1, 0.15) is 22.8 Å². The molecule has 0 aliphatic carbocycles. The first-order chi connectivity index (χ1) is 12.5. The molecule has 1 aliphatic rings. The van der Waals surface area contributed by atoms with E-state index in [-0.39, 0.29) is 18.6 Å². The molecule has 1 amide bonds. The zero-order chi connectivity index (χ0) is 18.4. The highest BCUT2D eigenvalue weighted by Crippen LogP contribution is 2.21. The summed E-state index contributed by atoms with van der Waals surface area (Å²) in [6.07, 6.45) is 1.98. The minimum atomic E-state index is -0.912. The molecule has 1 aliphatic heterocycles. The van der Waals surface area contributed by atoms with Crippen LogP contribution in [0, 0.1) is 18.6 Å². The summed E-state index contributed by atoms with van der Waals surface area (Å²) in [6.45, 7) is 2.09. The fourth-order valence-corrected chi connectivity index (χ4v) is 3.29. The summed E-state index contributed by atoms with van der Waals surface area (Å²) in [5, 5.41) is 0. The number of hydrogen-bond acceptors (Lipinski definition) is 3. The molecular weight excluding hydrogens is 340 g/mol. The monoisotopic (exact) mass is 355 g/mol. The minimum absolute atomic E-state index is 0.0232. The highest BCUT2D eigenvalue weighted by atomic mass is 19.1. The number of benzene rings is 1. The van der Waals surface area contributed by atoms with E-state index in [1.54, 1.807) is 12.3 Å². The predicted molar refractivity (Wildman–Crippen MR) is 91.0 cm³/mol. The number of amides is 1. The summed E-state index contributed by atoms with van der Waals surface area (Å²) < 4.78 is 29.3. The van der Waals surface area contributed by atoms with Gasteiger partial charge in [-0.05, 0) is 30.7 Å². The average molecular weight is 355 g/mol. The zero-order valence-electron chi connectivity index (χ0n) is 14.0. The lowest BCUT2D eigenvalue weighted by Gasteiger charge is -2.28. The molecule has 132 valence electrons. The first kappa shape index (κ1) is 16.4. The van der Waals surface area contributed by atoms with E-state index >= 15 is 0 Å². The smallest absolute Gasteiger partial charge is 0.263 e. The molecule has 3 heterocycles. The summed E-state index contributed by atoms with van der Waals surface area (Å²) in [5.41, 5.74) is 1.60. The summed E-state index contributed by atoms with van der Waals surface area (Å²) in [7, 11) is 0. The number of fused-ring (bicyclic) bond motifs is 2. The van der Waals surface area contributed by atoms with E-state index in [1.165, 1.54) is 15.4 Å². The number of aromatic nitrogens is 2. The number of aryl methyl sites for hydroxylation is 1. The average Bonchev–Trinajstić information content (AvgIpc) is 2.62. The molecule has 0 spiro atoms. The summed E-state index contributed by atoms with van der Waals surface area (Å²) >= 11 is 0. The number of pyridine rings is 1. The van der Waals surface area contributed by atoms with Gasteiger partial charge in [-0.3, -0.25) is 14.0 Å². The molecule has 0 unspecified atom stereocenters. The fraction of sp³-hybridized carbons (Fsp3) is 0.211. The Labute approximate surface area is 147 Å². The number of halogens is 2. The van der Waals surface area contributed by atoms with Gasteiger partial charge in [-0.15, -0.1) is 0 Å². The van der Waals surface area contributed by atoms with Crippen LogP contribution < -0.4 is 5.56 Å². The van der Waals surface area contributed by atoms with Crippen molar-refractivity contribution in [3.8, 4) is 0 Å². The van der Waals surface area contributed by atoms with Crippen molar-refractivity contribution in [1.82, 2.24) is 14.3 Å². The molecule has 0 fully saturated rings. The predicted octanol–water partition coefficient (Wildman–Crippen LogP) is 2.48. The quantitative estimate of drug-likeness (QED) is 0.674. The fourth-order valence-electron chi connectivity index (χ4n) is 3.29. The van der Waals surface area contributed by atoms with Crippen molar-refractivity contribution in [2.45, 2.75) is 19.9 Å². The molecule has 0 radical (unpaired) electrons.